The zero-order valence-electron chi connectivity index (χ0n) is 11.2. The zero-order valence-corrected chi connectivity index (χ0v) is 12.0. The summed E-state index contributed by atoms with van der Waals surface area (Å²) in [6.07, 6.45) is 3.54. The van der Waals surface area contributed by atoms with Gasteiger partial charge < -0.3 is 15.2 Å². The molecule has 2 rings (SSSR count). The number of rotatable bonds is 2. The molecule has 1 saturated heterocycles. The summed E-state index contributed by atoms with van der Waals surface area (Å²) in [4.78, 5) is 23.5. The second-order valence-electron chi connectivity index (χ2n) is 5.16. The lowest BCUT2D eigenvalue weighted by Gasteiger charge is -2.32. The predicted molar refractivity (Wildman–Crippen MR) is 77.8 cm³/mol. The number of pyridine rings is 1. The number of aromatic nitrogens is 1. The van der Waals surface area contributed by atoms with E-state index in [2.05, 4.69) is 10.6 Å². The Morgan fingerprint density at radius 3 is 2.79 bits per heavy atom. The largest absolute Gasteiger partial charge is 0.324 e. The minimum Gasteiger partial charge on any atom is -0.324 e. The summed E-state index contributed by atoms with van der Waals surface area (Å²) in [5.41, 5.74) is 0.208. The Morgan fingerprint density at radius 2 is 2.21 bits per heavy atom. The number of carbonyl (C=O) groups is 1. The molecule has 0 bridgehead atoms. The molecule has 2 heterocycles. The number of hydrogen-bond donors (Lipinski definition) is 2. The summed E-state index contributed by atoms with van der Waals surface area (Å²) >= 11 is 0. The molecule has 1 atom stereocenters. The van der Waals surface area contributed by atoms with Crippen LogP contribution in [0.4, 0.5) is 5.69 Å². The van der Waals surface area contributed by atoms with Crippen molar-refractivity contribution in [2.24, 2.45) is 12.5 Å². The maximum absolute atomic E-state index is 12.2. The van der Waals surface area contributed by atoms with Crippen molar-refractivity contribution in [1.29, 1.82) is 0 Å². The third kappa shape index (κ3) is 3.58. The van der Waals surface area contributed by atoms with Crippen LogP contribution in [0.5, 0.6) is 0 Å². The molecule has 5 nitrogen and oxygen atoms in total. The topological polar surface area (TPSA) is 63.1 Å². The normalized spacial score (nSPS) is 22.4. The molecule has 1 aromatic heterocycles. The van der Waals surface area contributed by atoms with Gasteiger partial charge in [0.05, 0.1) is 11.1 Å². The van der Waals surface area contributed by atoms with Crippen molar-refractivity contribution in [3.05, 3.63) is 28.7 Å². The Kier molecular flexibility index (Phi) is 5.14. The Bertz CT molecular complexity index is 507. The number of amides is 1. The lowest BCUT2D eigenvalue weighted by atomic mass is 9.82. The molecular weight excluding hydrogens is 266 g/mol. The number of carbonyl (C=O) groups excluding carboxylic acids is 1. The number of nitrogens with zero attached hydrogens (tertiary/aromatic N) is 1. The molecule has 1 unspecified atom stereocenters. The molecule has 0 aromatic carbocycles. The number of nitrogens with one attached hydrogen (secondary N) is 2. The van der Waals surface area contributed by atoms with Crippen molar-refractivity contribution in [3.8, 4) is 0 Å². The second kappa shape index (κ2) is 6.21. The smallest absolute Gasteiger partial charge is 0.250 e. The van der Waals surface area contributed by atoms with Crippen molar-refractivity contribution < 1.29 is 4.79 Å². The van der Waals surface area contributed by atoms with Crippen molar-refractivity contribution in [2.75, 3.05) is 18.4 Å². The molecule has 0 spiro atoms. The van der Waals surface area contributed by atoms with E-state index in [-0.39, 0.29) is 29.3 Å². The van der Waals surface area contributed by atoms with Gasteiger partial charge in [-0.15, -0.1) is 12.4 Å². The Labute approximate surface area is 118 Å². The molecule has 0 radical (unpaired) electrons. The highest BCUT2D eigenvalue weighted by molar-refractivity contribution is 5.95. The van der Waals surface area contributed by atoms with E-state index in [4.69, 9.17) is 0 Å². The highest BCUT2D eigenvalue weighted by Crippen LogP contribution is 2.26. The van der Waals surface area contributed by atoms with Crippen LogP contribution in [0.3, 0.4) is 0 Å². The fourth-order valence-electron chi connectivity index (χ4n) is 2.20. The molecule has 106 valence electrons. The first kappa shape index (κ1) is 15.7. The lowest BCUT2D eigenvalue weighted by molar-refractivity contribution is -0.125. The number of anilines is 1. The SMILES string of the molecule is Cl.Cn1cc(NC(=O)C2(C)CCCNC2)ccc1=O. The Balaban J connectivity index is 0.00000180. The van der Waals surface area contributed by atoms with Crippen molar-refractivity contribution in [2.45, 2.75) is 19.8 Å². The number of halogens is 1. The highest BCUT2D eigenvalue weighted by atomic mass is 35.5. The lowest BCUT2D eigenvalue weighted by Crippen LogP contribution is -2.46. The van der Waals surface area contributed by atoms with Gasteiger partial charge >= 0.3 is 0 Å². The van der Waals surface area contributed by atoms with Crippen LogP contribution in [0.2, 0.25) is 0 Å². The van der Waals surface area contributed by atoms with Gasteiger partial charge in [0.2, 0.25) is 11.5 Å². The van der Waals surface area contributed by atoms with Crippen LogP contribution >= 0.6 is 12.4 Å². The molecule has 1 amide bonds. The van der Waals surface area contributed by atoms with E-state index in [1.54, 1.807) is 19.3 Å². The van der Waals surface area contributed by atoms with Crippen LogP contribution in [0, 0.1) is 5.41 Å². The third-order valence-corrected chi connectivity index (χ3v) is 3.49. The van der Waals surface area contributed by atoms with Crippen LogP contribution in [-0.4, -0.2) is 23.6 Å². The second-order valence-corrected chi connectivity index (χ2v) is 5.16. The predicted octanol–water partition coefficient (Wildman–Crippen LogP) is 1.14. The van der Waals surface area contributed by atoms with Crippen LogP contribution in [-0.2, 0) is 11.8 Å². The first-order valence-corrected chi connectivity index (χ1v) is 6.20. The number of aryl methyl sites for hydroxylation is 1. The van der Waals surface area contributed by atoms with Crippen molar-refractivity contribution >= 4 is 24.0 Å². The Morgan fingerprint density at radius 1 is 1.47 bits per heavy atom. The van der Waals surface area contributed by atoms with Gasteiger partial charge in [-0.2, -0.15) is 0 Å². The fraction of sp³-hybridized carbons (Fsp3) is 0.538. The number of hydrogen-bond acceptors (Lipinski definition) is 3. The maximum Gasteiger partial charge on any atom is 0.250 e. The molecule has 2 N–H and O–H groups in total. The summed E-state index contributed by atoms with van der Waals surface area (Å²) in [6, 6.07) is 3.09. The van der Waals surface area contributed by atoms with E-state index >= 15 is 0 Å². The van der Waals surface area contributed by atoms with Gasteiger partial charge in [0.1, 0.15) is 0 Å². The monoisotopic (exact) mass is 285 g/mol. The minimum absolute atomic E-state index is 0. The van der Waals surface area contributed by atoms with Gasteiger partial charge in [-0.1, -0.05) is 0 Å². The van der Waals surface area contributed by atoms with Gasteiger partial charge in [-0.05, 0) is 32.4 Å². The molecule has 6 heteroatoms. The van der Waals surface area contributed by atoms with E-state index < -0.39 is 0 Å². The fourth-order valence-corrected chi connectivity index (χ4v) is 2.20. The van der Waals surface area contributed by atoms with Crippen LogP contribution in [0.25, 0.3) is 0 Å². The maximum atomic E-state index is 12.2. The van der Waals surface area contributed by atoms with E-state index in [0.29, 0.717) is 12.2 Å². The zero-order chi connectivity index (χ0) is 13.2. The van der Waals surface area contributed by atoms with Gasteiger partial charge in [0.15, 0.2) is 0 Å². The first-order chi connectivity index (χ1) is 8.51. The standard InChI is InChI=1S/C13H19N3O2.ClH/c1-13(6-3-7-14-9-13)12(18)15-10-4-5-11(17)16(2)8-10;/h4-5,8,14H,3,6-7,9H2,1-2H3,(H,15,18);1H. The molecular formula is C13H20ClN3O2. The summed E-state index contributed by atoms with van der Waals surface area (Å²) in [6.45, 7) is 3.64. The van der Waals surface area contributed by atoms with Gasteiger partial charge in [0.25, 0.3) is 0 Å². The van der Waals surface area contributed by atoms with Crippen LogP contribution in [0.1, 0.15) is 19.8 Å². The van der Waals surface area contributed by atoms with Crippen LogP contribution < -0.4 is 16.2 Å². The third-order valence-electron chi connectivity index (χ3n) is 3.49. The summed E-state index contributed by atoms with van der Waals surface area (Å²) in [7, 11) is 1.67. The quantitative estimate of drug-likeness (QED) is 0.856. The number of piperidine rings is 1. The summed E-state index contributed by atoms with van der Waals surface area (Å²) < 4.78 is 1.46. The van der Waals surface area contributed by atoms with E-state index in [9.17, 15) is 9.59 Å². The summed E-state index contributed by atoms with van der Waals surface area (Å²) in [5, 5.41) is 6.13. The molecule has 1 aliphatic rings. The van der Waals surface area contributed by atoms with Gasteiger partial charge in [-0.3, -0.25) is 9.59 Å². The molecule has 1 aliphatic heterocycles. The molecule has 1 fully saturated rings. The Hall–Kier alpha value is -1.33. The van der Waals surface area contributed by atoms with E-state index in [1.165, 1.54) is 10.6 Å². The molecule has 0 aliphatic carbocycles. The van der Waals surface area contributed by atoms with E-state index in [1.807, 2.05) is 6.92 Å². The summed E-state index contributed by atoms with van der Waals surface area (Å²) in [5.74, 6) is 0.00773. The molecule has 19 heavy (non-hydrogen) atoms. The van der Waals surface area contributed by atoms with Crippen molar-refractivity contribution in [3.63, 3.8) is 0 Å². The van der Waals surface area contributed by atoms with Crippen LogP contribution in [0.15, 0.2) is 23.1 Å². The van der Waals surface area contributed by atoms with E-state index in [0.717, 1.165) is 19.4 Å². The van der Waals surface area contributed by atoms with Gasteiger partial charge in [-0.25, -0.2) is 0 Å². The average molecular weight is 286 g/mol. The first-order valence-electron chi connectivity index (χ1n) is 6.20. The highest BCUT2D eigenvalue weighted by Gasteiger charge is 2.34. The molecule has 0 saturated carbocycles. The van der Waals surface area contributed by atoms with Crippen molar-refractivity contribution in [1.82, 2.24) is 9.88 Å². The van der Waals surface area contributed by atoms with Gasteiger partial charge in [0, 0.05) is 25.9 Å². The molecule has 1 aromatic rings. The average Bonchev–Trinajstić information content (AvgIpc) is 2.35. The minimum atomic E-state index is -0.368.